The molecule has 3 aromatic rings. The first-order chi connectivity index (χ1) is 21.2. The molecule has 5 N–H and O–H groups in total. The topological polar surface area (TPSA) is 141 Å². The largest absolute Gasteiger partial charge is 0.389 e. The number of amides is 2. The van der Waals surface area contributed by atoms with Crippen LogP contribution in [0.2, 0.25) is 0 Å². The van der Waals surface area contributed by atoms with Gasteiger partial charge in [-0.1, -0.05) is 62.9 Å². The zero-order valence-electron chi connectivity index (χ0n) is 24.7. The Bertz CT molecular complexity index is 1330. The number of ketones is 1. The number of aliphatic hydroxyl groups excluding tert-OH is 2. The quantitative estimate of drug-likeness (QED) is 0.139. The van der Waals surface area contributed by atoms with Crippen molar-refractivity contribution in [2.45, 2.75) is 76.3 Å². The van der Waals surface area contributed by atoms with Gasteiger partial charge in [0.1, 0.15) is 23.8 Å². The summed E-state index contributed by atoms with van der Waals surface area (Å²) in [5, 5.41) is 29.6. The predicted molar refractivity (Wildman–Crippen MR) is 161 cm³/mol. The molecule has 236 valence electrons. The van der Waals surface area contributed by atoms with Gasteiger partial charge in [-0.2, -0.15) is 0 Å². The first-order valence-electron chi connectivity index (χ1n) is 14.8. The van der Waals surface area contributed by atoms with Gasteiger partial charge in [0.2, 0.25) is 5.91 Å². The Morgan fingerprint density at radius 1 is 0.864 bits per heavy atom. The number of benzene rings is 2. The van der Waals surface area contributed by atoms with Gasteiger partial charge in [0, 0.05) is 38.0 Å². The van der Waals surface area contributed by atoms with E-state index in [1.54, 1.807) is 12.1 Å². The molecule has 9 nitrogen and oxygen atoms in total. The van der Waals surface area contributed by atoms with Crippen LogP contribution in [-0.2, 0) is 22.6 Å². The summed E-state index contributed by atoms with van der Waals surface area (Å²) in [6.07, 6.45) is 2.63. The molecule has 2 unspecified atom stereocenters. The fourth-order valence-electron chi connectivity index (χ4n) is 4.71. The van der Waals surface area contributed by atoms with Crippen LogP contribution < -0.4 is 16.0 Å². The molecule has 3 rings (SSSR count). The summed E-state index contributed by atoms with van der Waals surface area (Å²) in [4.78, 5) is 43.8. The Labute approximate surface area is 256 Å². The minimum Gasteiger partial charge on any atom is -0.389 e. The maximum atomic E-state index is 14.0. The third kappa shape index (κ3) is 11.2. The summed E-state index contributed by atoms with van der Waals surface area (Å²) < 4.78 is 28.0. The van der Waals surface area contributed by atoms with Crippen LogP contribution in [0.4, 0.5) is 8.78 Å². The lowest BCUT2D eigenvalue weighted by molar-refractivity contribution is -0.137. The Morgan fingerprint density at radius 3 is 2.25 bits per heavy atom. The smallest absolute Gasteiger partial charge is 0.253 e. The molecule has 2 aromatic carbocycles. The normalized spacial score (nSPS) is 13.8. The summed E-state index contributed by atoms with van der Waals surface area (Å²) in [5.74, 6) is -3.94. The highest BCUT2D eigenvalue weighted by Gasteiger charge is 2.34. The first kappa shape index (κ1) is 34.4. The van der Waals surface area contributed by atoms with Crippen LogP contribution in [-0.4, -0.2) is 63.6 Å². The van der Waals surface area contributed by atoms with E-state index in [9.17, 15) is 33.4 Å². The van der Waals surface area contributed by atoms with E-state index in [4.69, 9.17) is 0 Å². The molecule has 4 atom stereocenters. The van der Waals surface area contributed by atoms with Gasteiger partial charge in [-0.05, 0) is 41.8 Å². The van der Waals surface area contributed by atoms with Gasteiger partial charge in [0.05, 0.1) is 17.7 Å². The SMILES string of the molecule is CCCCCCC(NC(=O)c1cccnc1)C(=O)N[C@@H](Cc1cc(F)cc(F)c1)C(=O)[C@@H](O)C(O)CNCc1ccccc1. The molecule has 0 radical (unpaired) electrons. The van der Waals surface area contributed by atoms with Crippen molar-refractivity contribution in [3.8, 4) is 0 Å². The van der Waals surface area contributed by atoms with Gasteiger partial charge in [-0.15, -0.1) is 0 Å². The Kier molecular flexibility index (Phi) is 14.0. The number of Topliss-reactive ketones (excluding diaryl/α,β-unsaturated/α-hetero) is 1. The predicted octanol–water partition coefficient (Wildman–Crippen LogP) is 3.24. The average molecular weight is 611 g/mol. The van der Waals surface area contributed by atoms with Crippen LogP contribution in [0, 0.1) is 11.6 Å². The first-order valence-corrected chi connectivity index (χ1v) is 14.8. The van der Waals surface area contributed by atoms with Gasteiger partial charge in [-0.25, -0.2) is 8.78 Å². The minimum absolute atomic E-state index is 0.0592. The van der Waals surface area contributed by atoms with Crippen LogP contribution in [0.15, 0.2) is 73.1 Å². The number of unbranched alkanes of at least 4 members (excludes halogenated alkanes) is 3. The van der Waals surface area contributed by atoms with Crippen LogP contribution in [0.3, 0.4) is 0 Å². The number of aromatic nitrogens is 1. The summed E-state index contributed by atoms with van der Waals surface area (Å²) >= 11 is 0. The van der Waals surface area contributed by atoms with Crippen molar-refractivity contribution in [1.82, 2.24) is 20.9 Å². The van der Waals surface area contributed by atoms with Gasteiger partial charge in [0.15, 0.2) is 5.78 Å². The van der Waals surface area contributed by atoms with Crippen molar-refractivity contribution in [3.05, 3.63) is 101 Å². The molecule has 0 saturated carbocycles. The standard InChI is InChI=1S/C33H40F2N4O5/c1-2-3-4-8-13-27(38-32(43)24-12-9-14-36-20-24)33(44)39-28(17-23-15-25(34)18-26(35)16-23)30(41)31(42)29(40)21-37-19-22-10-6-5-7-11-22/h5-7,9-12,14-16,18,20,27-29,31,37,40,42H,2-4,8,13,17,19,21H2,1H3,(H,38,43)(H,39,44)/t27?,28-,29?,31-/m0/s1. The van der Waals surface area contributed by atoms with Crippen molar-refractivity contribution in [1.29, 1.82) is 0 Å². The van der Waals surface area contributed by atoms with Crippen molar-refractivity contribution in [3.63, 3.8) is 0 Å². The third-order valence-corrected chi connectivity index (χ3v) is 7.10. The molecule has 0 spiro atoms. The van der Waals surface area contributed by atoms with E-state index < -0.39 is 53.5 Å². The molecule has 0 fully saturated rings. The molecular weight excluding hydrogens is 570 g/mol. The van der Waals surface area contributed by atoms with Crippen molar-refractivity contribution in [2.75, 3.05) is 6.54 Å². The van der Waals surface area contributed by atoms with E-state index in [0.29, 0.717) is 19.0 Å². The number of halogens is 2. The lowest BCUT2D eigenvalue weighted by atomic mass is 9.95. The molecule has 2 amide bonds. The van der Waals surface area contributed by atoms with E-state index >= 15 is 0 Å². The highest BCUT2D eigenvalue weighted by atomic mass is 19.1. The molecule has 11 heteroatoms. The third-order valence-electron chi connectivity index (χ3n) is 7.10. The van der Waals surface area contributed by atoms with E-state index in [1.165, 1.54) is 12.4 Å². The molecule has 1 heterocycles. The fourth-order valence-corrected chi connectivity index (χ4v) is 4.71. The summed E-state index contributed by atoms with van der Waals surface area (Å²) in [5.41, 5.74) is 1.23. The number of aliphatic hydroxyl groups is 2. The number of rotatable bonds is 18. The van der Waals surface area contributed by atoms with Crippen molar-refractivity contribution in [2.24, 2.45) is 0 Å². The monoisotopic (exact) mass is 610 g/mol. The average Bonchev–Trinajstić information content (AvgIpc) is 3.01. The van der Waals surface area contributed by atoms with Gasteiger partial charge < -0.3 is 26.2 Å². The molecule has 0 bridgehead atoms. The zero-order chi connectivity index (χ0) is 31.9. The number of pyridine rings is 1. The molecular formula is C33H40F2N4O5. The number of carbonyl (C=O) groups excluding carboxylic acids is 3. The second-order valence-electron chi connectivity index (χ2n) is 10.7. The van der Waals surface area contributed by atoms with E-state index in [2.05, 4.69) is 20.9 Å². The highest BCUT2D eigenvalue weighted by molar-refractivity contribution is 5.98. The van der Waals surface area contributed by atoms with Crippen LogP contribution >= 0.6 is 0 Å². The zero-order valence-corrected chi connectivity index (χ0v) is 24.7. The Balaban J connectivity index is 1.77. The second kappa shape index (κ2) is 17.9. The molecule has 0 aliphatic carbocycles. The summed E-state index contributed by atoms with van der Waals surface area (Å²) in [6, 6.07) is 12.6. The van der Waals surface area contributed by atoms with Crippen LogP contribution in [0.25, 0.3) is 0 Å². The number of hydrogen-bond donors (Lipinski definition) is 5. The lowest BCUT2D eigenvalue weighted by Crippen LogP contribution is -2.55. The van der Waals surface area contributed by atoms with Crippen molar-refractivity contribution < 1.29 is 33.4 Å². The molecule has 0 aliphatic heterocycles. The summed E-state index contributed by atoms with van der Waals surface area (Å²) in [6.45, 7) is 2.27. The highest BCUT2D eigenvalue weighted by Crippen LogP contribution is 2.14. The number of carbonyl (C=O) groups is 3. The van der Waals surface area contributed by atoms with E-state index in [1.807, 2.05) is 37.3 Å². The lowest BCUT2D eigenvalue weighted by Gasteiger charge is -2.26. The van der Waals surface area contributed by atoms with E-state index in [-0.39, 0.29) is 30.5 Å². The molecule has 1 aromatic heterocycles. The molecule has 0 saturated heterocycles. The number of nitrogens with zero attached hydrogens (tertiary/aromatic N) is 1. The molecule has 0 aliphatic rings. The molecule has 44 heavy (non-hydrogen) atoms. The van der Waals surface area contributed by atoms with Crippen LogP contribution in [0.1, 0.15) is 60.5 Å². The summed E-state index contributed by atoms with van der Waals surface area (Å²) in [7, 11) is 0. The van der Waals surface area contributed by atoms with E-state index in [0.717, 1.165) is 37.0 Å². The maximum Gasteiger partial charge on any atom is 0.253 e. The number of hydrogen-bond acceptors (Lipinski definition) is 7. The maximum absolute atomic E-state index is 14.0. The minimum atomic E-state index is -1.92. The van der Waals surface area contributed by atoms with Crippen LogP contribution in [0.5, 0.6) is 0 Å². The van der Waals surface area contributed by atoms with Crippen molar-refractivity contribution >= 4 is 17.6 Å². The fraction of sp³-hybridized carbons (Fsp3) is 0.394. The Hall–Kier alpha value is -4.06. The number of nitrogens with one attached hydrogen (secondary N) is 3. The second-order valence-corrected chi connectivity index (χ2v) is 10.7. The van der Waals surface area contributed by atoms with Gasteiger partial charge >= 0.3 is 0 Å². The Morgan fingerprint density at radius 2 is 1.59 bits per heavy atom. The van der Waals surface area contributed by atoms with Gasteiger partial charge in [0.25, 0.3) is 5.91 Å². The van der Waals surface area contributed by atoms with Gasteiger partial charge in [-0.3, -0.25) is 19.4 Å².